The van der Waals surface area contributed by atoms with Gasteiger partial charge in [0.25, 0.3) is 0 Å². The fourth-order valence-corrected chi connectivity index (χ4v) is 7.31. The van der Waals surface area contributed by atoms with Crippen LogP contribution in [0.25, 0.3) is 11.0 Å². The van der Waals surface area contributed by atoms with E-state index in [1.165, 1.54) is 133 Å². The molecule has 5 nitrogen and oxygen atoms in total. The van der Waals surface area contributed by atoms with E-state index in [1.54, 1.807) is 10.9 Å². The van der Waals surface area contributed by atoms with E-state index in [9.17, 15) is 9.59 Å². The summed E-state index contributed by atoms with van der Waals surface area (Å²) in [4.78, 5) is 32.4. The van der Waals surface area contributed by atoms with Gasteiger partial charge in [-0.1, -0.05) is 194 Å². The quantitative estimate of drug-likeness (QED) is 0.0582. The van der Waals surface area contributed by atoms with Crippen molar-refractivity contribution in [1.29, 1.82) is 0 Å². The number of hydrogen-bond acceptors (Lipinski definition) is 4. The lowest BCUT2D eigenvalue weighted by Crippen LogP contribution is -2.46. The van der Waals surface area contributed by atoms with Crippen LogP contribution in [-0.2, 0) is 16.0 Å². The lowest BCUT2D eigenvalue weighted by molar-refractivity contribution is -0.129. The number of amides is 2. The minimum Gasteiger partial charge on any atom is -0.273 e. The van der Waals surface area contributed by atoms with Gasteiger partial charge < -0.3 is 0 Å². The monoisotopic (exact) mass is 696 g/mol. The summed E-state index contributed by atoms with van der Waals surface area (Å²) >= 11 is 5.96. The molecule has 2 rings (SSSR count). The maximum absolute atomic E-state index is 13.9. The van der Waals surface area contributed by atoms with E-state index in [-0.39, 0.29) is 11.8 Å². The lowest BCUT2D eigenvalue weighted by atomic mass is 10.0. The molecule has 0 spiro atoms. The Morgan fingerprint density at radius 2 is 0.980 bits per heavy atom. The molecule has 0 N–H and O–H groups in total. The van der Waals surface area contributed by atoms with Crippen molar-refractivity contribution >= 4 is 35.1 Å². The third-order valence-corrected chi connectivity index (χ3v) is 10.4. The van der Waals surface area contributed by atoms with Gasteiger partial charge >= 0.3 is 0 Å². The normalized spacial score (nSPS) is 11.4. The molecule has 0 fully saturated rings. The van der Waals surface area contributed by atoms with Crippen LogP contribution in [0.3, 0.4) is 0 Å². The largest absolute Gasteiger partial charge is 0.273 e. The van der Waals surface area contributed by atoms with Gasteiger partial charge in [-0.3, -0.25) is 9.59 Å². The number of nitrogens with zero attached hydrogens (tertiary/aromatic N) is 3. The zero-order valence-electron chi connectivity index (χ0n) is 32.1. The van der Waals surface area contributed by atoms with Crippen molar-refractivity contribution in [2.75, 3.05) is 5.01 Å². The molecule has 0 atom stereocenters. The molecule has 49 heavy (non-hydrogen) atoms. The molecule has 0 radical (unpaired) electrons. The summed E-state index contributed by atoms with van der Waals surface area (Å²) in [6.07, 6.45) is 36.9. The Labute approximate surface area is 306 Å². The van der Waals surface area contributed by atoms with Crippen molar-refractivity contribution < 1.29 is 9.59 Å². The number of hydrogen-bond donors (Lipinski definition) is 0. The van der Waals surface area contributed by atoms with E-state index in [2.05, 4.69) is 31.8 Å². The summed E-state index contributed by atoms with van der Waals surface area (Å²) in [6, 6.07) is 5.98. The maximum Gasteiger partial charge on any atom is 0.248 e. The topological polar surface area (TPSA) is 55.2 Å². The highest BCUT2D eigenvalue weighted by Crippen LogP contribution is 2.21. The van der Waals surface area contributed by atoms with Crippen molar-refractivity contribution in [2.45, 2.75) is 213 Å². The summed E-state index contributed by atoms with van der Waals surface area (Å²) in [5.74, 6) is -0.307. The molecule has 278 valence electrons. The van der Waals surface area contributed by atoms with Crippen LogP contribution in [0.15, 0.2) is 24.4 Å². The molecule has 0 aliphatic heterocycles. The Kier molecular flexibility index (Phi) is 25.1. The minimum absolute atomic E-state index is 0.153. The molecule has 0 aliphatic carbocycles. The minimum atomic E-state index is -0.153. The van der Waals surface area contributed by atoms with Crippen LogP contribution >= 0.6 is 12.2 Å². The summed E-state index contributed by atoms with van der Waals surface area (Å²) in [7, 11) is 0. The molecule has 2 amide bonds. The van der Waals surface area contributed by atoms with Gasteiger partial charge in [-0.2, -0.15) is 5.01 Å². The highest BCUT2D eigenvalue weighted by molar-refractivity contribution is 7.71. The summed E-state index contributed by atoms with van der Waals surface area (Å²) in [5, 5.41) is 2.28. The molecular weight excluding hydrogens is 623 g/mol. The van der Waals surface area contributed by atoms with Gasteiger partial charge in [0.05, 0.1) is 0 Å². The van der Waals surface area contributed by atoms with Crippen molar-refractivity contribution in [3.8, 4) is 0 Å². The number of aryl methyl sites for hydroxylation is 1. The molecule has 2 aromatic heterocycles. The van der Waals surface area contributed by atoms with Gasteiger partial charge in [-0.15, -0.1) is 0 Å². The lowest BCUT2D eigenvalue weighted by Gasteiger charge is -2.26. The number of imide groups is 1. The first kappa shape index (κ1) is 43.1. The molecular formula is C43H73N3O2S. The molecule has 0 bridgehead atoms. The molecule has 6 heteroatoms. The van der Waals surface area contributed by atoms with Crippen molar-refractivity contribution in [2.24, 2.45) is 0 Å². The average molecular weight is 696 g/mol. The number of unbranched alkanes of at least 4 members (excludes halogenated alkanes) is 24. The molecule has 2 heterocycles. The second-order valence-corrected chi connectivity index (χ2v) is 14.9. The fraction of sp³-hybridized carbons (Fsp3) is 0.767. The van der Waals surface area contributed by atoms with Gasteiger partial charge in [0.2, 0.25) is 11.8 Å². The first-order chi connectivity index (χ1) is 24.0. The first-order valence-electron chi connectivity index (χ1n) is 20.9. The molecule has 0 saturated carbocycles. The zero-order valence-corrected chi connectivity index (χ0v) is 32.9. The third-order valence-electron chi connectivity index (χ3n) is 9.99. The number of rotatable bonds is 31. The van der Waals surface area contributed by atoms with Crippen LogP contribution in [0.2, 0.25) is 0 Å². The Hall–Kier alpha value is -2.08. The molecule has 2 aromatic rings. The first-order valence-corrected chi connectivity index (χ1v) is 21.3. The van der Waals surface area contributed by atoms with Gasteiger partial charge in [0.15, 0.2) is 5.65 Å². The van der Waals surface area contributed by atoms with Gasteiger partial charge in [-0.25, -0.2) is 9.66 Å². The van der Waals surface area contributed by atoms with Crippen LogP contribution < -0.4 is 5.01 Å². The number of carbonyl (C=O) groups is 2. The molecule has 0 aliphatic rings. The Balaban J connectivity index is 1.89. The average Bonchev–Trinajstić information content (AvgIpc) is 3.10. The summed E-state index contributed by atoms with van der Waals surface area (Å²) < 4.78 is 2.20. The Morgan fingerprint density at radius 1 is 0.592 bits per heavy atom. The van der Waals surface area contributed by atoms with Crippen LogP contribution in [-0.4, -0.2) is 21.5 Å². The Morgan fingerprint density at radius 3 is 1.37 bits per heavy atom. The number of pyridine rings is 2. The number of aromatic nitrogens is 2. The van der Waals surface area contributed by atoms with Crippen LogP contribution in [0.1, 0.15) is 213 Å². The second kappa shape index (κ2) is 28.6. The van der Waals surface area contributed by atoms with E-state index < -0.39 is 0 Å². The van der Waals surface area contributed by atoms with E-state index >= 15 is 0 Å². The summed E-state index contributed by atoms with van der Waals surface area (Å²) in [6.45, 7) is 6.67. The second-order valence-electron chi connectivity index (χ2n) is 14.5. The predicted molar refractivity (Wildman–Crippen MR) is 213 cm³/mol. The van der Waals surface area contributed by atoms with E-state index in [4.69, 9.17) is 12.2 Å². The van der Waals surface area contributed by atoms with E-state index in [0.29, 0.717) is 23.1 Å². The molecule has 0 saturated heterocycles. The SMILES string of the molecule is CCCCCCCCCCCCCCCC(=O)N(C(=O)CCCCCCCCCCCCCCC)n1c(=S)c(CCC)cc2cccnc21. The van der Waals surface area contributed by atoms with E-state index in [0.717, 1.165) is 62.3 Å². The van der Waals surface area contributed by atoms with Crippen molar-refractivity contribution in [3.05, 3.63) is 34.6 Å². The molecule has 0 unspecified atom stereocenters. The van der Waals surface area contributed by atoms with Gasteiger partial charge in [-0.05, 0) is 43.0 Å². The third kappa shape index (κ3) is 18.1. The number of fused-ring (bicyclic) bond motifs is 1. The van der Waals surface area contributed by atoms with Gasteiger partial charge in [0, 0.05) is 24.4 Å². The van der Waals surface area contributed by atoms with Crippen LogP contribution in [0.5, 0.6) is 0 Å². The zero-order chi connectivity index (χ0) is 35.4. The van der Waals surface area contributed by atoms with Crippen molar-refractivity contribution in [3.63, 3.8) is 0 Å². The van der Waals surface area contributed by atoms with Crippen LogP contribution in [0.4, 0.5) is 0 Å². The predicted octanol–water partition coefficient (Wildman–Crippen LogP) is 13.7. The Bertz CT molecular complexity index is 1170. The smallest absolute Gasteiger partial charge is 0.248 e. The summed E-state index contributed by atoms with van der Waals surface area (Å²) in [5.41, 5.74) is 1.58. The highest BCUT2D eigenvalue weighted by Gasteiger charge is 2.26. The van der Waals surface area contributed by atoms with E-state index in [1.807, 2.05) is 12.1 Å². The highest BCUT2D eigenvalue weighted by atomic mass is 32.1. The number of carbonyl (C=O) groups excluding carboxylic acids is 2. The standard InChI is InChI=1S/C43H73N3O2S/c1-4-7-9-11-13-15-17-19-21-23-25-27-29-34-40(47)45(46-42-38(33-31-36-44-42)37-39(32-6-3)43(46)49)41(48)35-30-28-26-24-22-20-18-16-14-12-10-8-5-2/h31,33,36-37H,4-30,32,34-35H2,1-3H3. The fourth-order valence-electron chi connectivity index (χ4n) is 6.98. The van der Waals surface area contributed by atoms with Crippen LogP contribution in [0, 0.1) is 4.64 Å². The van der Waals surface area contributed by atoms with Gasteiger partial charge in [0.1, 0.15) is 4.64 Å². The maximum atomic E-state index is 13.9. The van der Waals surface area contributed by atoms with Crippen molar-refractivity contribution in [1.82, 2.24) is 9.66 Å². The molecule has 0 aromatic carbocycles.